The van der Waals surface area contributed by atoms with Crippen molar-refractivity contribution in [2.45, 2.75) is 19.7 Å². The van der Waals surface area contributed by atoms with E-state index in [2.05, 4.69) is 19.2 Å². The van der Waals surface area contributed by atoms with Crippen LogP contribution in [0.25, 0.3) is 0 Å². The summed E-state index contributed by atoms with van der Waals surface area (Å²) in [5.41, 5.74) is -1.79. The Morgan fingerprint density at radius 3 is 2.43 bits per heavy atom. The fourth-order valence-electron chi connectivity index (χ4n) is 1.35. The molecule has 0 aliphatic rings. The van der Waals surface area contributed by atoms with E-state index in [1.807, 2.05) is 0 Å². The van der Waals surface area contributed by atoms with E-state index in [1.165, 1.54) is 6.92 Å². The van der Waals surface area contributed by atoms with Crippen molar-refractivity contribution >= 4 is 5.97 Å². The molecule has 0 radical (unpaired) electrons. The van der Waals surface area contributed by atoms with Crippen molar-refractivity contribution in [3.8, 4) is 11.6 Å². The van der Waals surface area contributed by atoms with Gasteiger partial charge in [0.2, 0.25) is 5.75 Å². The molecule has 1 aromatic heterocycles. The molecule has 0 saturated carbocycles. The number of alkyl halides is 5. The molecule has 10 heteroatoms. The van der Waals surface area contributed by atoms with Gasteiger partial charge in [-0.15, -0.1) is 13.2 Å². The van der Waals surface area contributed by atoms with E-state index < -0.39 is 41.6 Å². The van der Waals surface area contributed by atoms with Crippen LogP contribution in [0.3, 0.4) is 0 Å². The van der Waals surface area contributed by atoms with Gasteiger partial charge in [0.15, 0.2) is 0 Å². The molecule has 5 nitrogen and oxygen atoms in total. The Morgan fingerprint density at radius 1 is 1.38 bits per heavy atom. The Bertz CT molecular complexity index is 518. The average molecular weight is 315 g/mol. The number of aromatic nitrogens is 1. The minimum Gasteiger partial charge on any atom is -0.478 e. The largest absolute Gasteiger partial charge is 0.573 e. The summed E-state index contributed by atoms with van der Waals surface area (Å²) in [7, 11) is 0.899. The van der Waals surface area contributed by atoms with E-state index in [0.717, 1.165) is 7.11 Å². The number of carbonyl (C=O) groups excluding carboxylic acids is 1. The molecule has 1 heterocycles. The van der Waals surface area contributed by atoms with Crippen molar-refractivity contribution in [1.29, 1.82) is 0 Å². The maximum absolute atomic E-state index is 12.6. The number of nitrogens with zero attached hydrogens (tertiary/aromatic N) is 1. The zero-order valence-electron chi connectivity index (χ0n) is 10.8. The summed E-state index contributed by atoms with van der Waals surface area (Å²) < 4.78 is 74.9. The van der Waals surface area contributed by atoms with Crippen LogP contribution in [0.4, 0.5) is 22.0 Å². The van der Waals surface area contributed by atoms with Crippen molar-refractivity contribution in [3.05, 3.63) is 17.3 Å². The highest BCUT2D eigenvalue weighted by atomic mass is 19.4. The quantitative estimate of drug-likeness (QED) is 0.617. The Balaban J connectivity index is 3.45. The smallest absolute Gasteiger partial charge is 0.478 e. The van der Waals surface area contributed by atoms with E-state index >= 15 is 0 Å². The topological polar surface area (TPSA) is 57.7 Å². The highest BCUT2D eigenvalue weighted by molar-refractivity contribution is 5.93. The third-order valence-corrected chi connectivity index (χ3v) is 2.09. The maximum Gasteiger partial charge on any atom is 0.573 e. The van der Waals surface area contributed by atoms with Crippen LogP contribution >= 0.6 is 0 Å². The second kappa shape index (κ2) is 6.55. The van der Waals surface area contributed by atoms with E-state index in [4.69, 9.17) is 0 Å². The van der Waals surface area contributed by atoms with Crippen molar-refractivity contribution < 1.29 is 41.0 Å². The summed E-state index contributed by atoms with van der Waals surface area (Å²) >= 11 is 0. The summed E-state index contributed by atoms with van der Waals surface area (Å²) in [6.45, 7) is 1.23. The van der Waals surface area contributed by atoms with Gasteiger partial charge < -0.3 is 14.2 Å². The van der Waals surface area contributed by atoms with Crippen molar-refractivity contribution in [3.63, 3.8) is 0 Å². The lowest BCUT2D eigenvalue weighted by Crippen LogP contribution is -2.21. The maximum atomic E-state index is 12.6. The number of hydrogen-bond donors (Lipinski definition) is 0. The first-order chi connectivity index (χ1) is 9.69. The van der Waals surface area contributed by atoms with Crippen LogP contribution in [0, 0.1) is 0 Å². The molecule has 0 saturated heterocycles. The molecule has 0 spiro atoms. The normalized spacial score (nSPS) is 11.4. The lowest BCUT2D eigenvalue weighted by Gasteiger charge is -2.16. The Labute approximate surface area is 115 Å². The van der Waals surface area contributed by atoms with Gasteiger partial charge in [0, 0.05) is 0 Å². The van der Waals surface area contributed by atoms with E-state index in [-0.39, 0.29) is 6.61 Å². The molecule has 0 aliphatic carbocycles. The van der Waals surface area contributed by atoms with Crippen LogP contribution in [0.1, 0.15) is 29.4 Å². The third kappa shape index (κ3) is 4.43. The summed E-state index contributed by atoms with van der Waals surface area (Å²) in [5, 5.41) is 0. The van der Waals surface area contributed by atoms with Crippen molar-refractivity contribution in [2.24, 2.45) is 0 Å². The number of pyridine rings is 1. The molecule has 21 heavy (non-hydrogen) atoms. The van der Waals surface area contributed by atoms with Crippen LogP contribution in [-0.4, -0.2) is 31.0 Å². The zero-order chi connectivity index (χ0) is 16.2. The van der Waals surface area contributed by atoms with E-state index in [9.17, 15) is 26.7 Å². The lowest BCUT2D eigenvalue weighted by molar-refractivity contribution is -0.275. The summed E-state index contributed by atoms with van der Waals surface area (Å²) in [5.74, 6) is -3.29. The minimum absolute atomic E-state index is 0.168. The zero-order valence-corrected chi connectivity index (χ0v) is 10.8. The molecular weight excluding hydrogens is 305 g/mol. The number of hydrogen-bond acceptors (Lipinski definition) is 5. The second-order valence-corrected chi connectivity index (χ2v) is 3.50. The van der Waals surface area contributed by atoms with Crippen LogP contribution in [0.2, 0.25) is 0 Å². The predicted octanol–water partition coefficient (Wildman–Crippen LogP) is 3.10. The number of ether oxygens (including phenoxy) is 3. The first-order valence-electron chi connectivity index (χ1n) is 5.49. The third-order valence-electron chi connectivity index (χ3n) is 2.09. The van der Waals surface area contributed by atoms with Crippen LogP contribution < -0.4 is 9.47 Å². The van der Waals surface area contributed by atoms with Crippen molar-refractivity contribution in [1.82, 2.24) is 4.98 Å². The molecule has 118 valence electrons. The van der Waals surface area contributed by atoms with Gasteiger partial charge in [-0.3, -0.25) is 0 Å². The van der Waals surface area contributed by atoms with Gasteiger partial charge in [0.1, 0.15) is 11.3 Å². The molecule has 0 amide bonds. The molecule has 0 N–H and O–H groups in total. The number of methoxy groups -OCH3 is 1. The van der Waals surface area contributed by atoms with Gasteiger partial charge in [-0.2, -0.15) is 0 Å². The molecule has 0 aromatic carbocycles. The fourth-order valence-corrected chi connectivity index (χ4v) is 1.35. The lowest BCUT2D eigenvalue weighted by atomic mass is 10.2. The van der Waals surface area contributed by atoms with Gasteiger partial charge in [-0.05, 0) is 13.0 Å². The minimum atomic E-state index is -5.16. The average Bonchev–Trinajstić information content (AvgIpc) is 2.36. The molecule has 0 bridgehead atoms. The summed E-state index contributed by atoms with van der Waals surface area (Å²) in [6, 6.07) is 0.465. The van der Waals surface area contributed by atoms with E-state index in [1.54, 1.807) is 0 Å². The Hall–Kier alpha value is -2.13. The van der Waals surface area contributed by atoms with Gasteiger partial charge >= 0.3 is 12.3 Å². The monoisotopic (exact) mass is 315 g/mol. The highest BCUT2D eigenvalue weighted by Gasteiger charge is 2.36. The number of esters is 1. The fraction of sp³-hybridized carbons (Fsp3) is 0.455. The van der Waals surface area contributed by atoms with Gasteiger partial charge in [0.25, 0.3) is 12.3 Å². The number of rotatable bonds is 5. The molecular formula is C11H10F5NO4. The highest BCUT2D eigenvalue weighted by Crippen LogP contribution is 2.36. The summed E-state index contributed by atoms with van der Waals surface area (Å²) in [6.07, 6.45) is -8.28. The first-order valence-corrected chi connectivity index (χ1v) is 5.49. The first kappa shape index (κ1) is 16.9. The van der Waals surface area contributed by atoms with Crippen LogP contribution in [0.15, 0.2) is 6.07 Å². The van der Waals surface area contributed by atoms with Gasteiger partial charge in [-0.1, -0.05) is 0 Å². The van der Waals surface area contributed by atoms with Crippen LogP contribution in [-0.2, 0) is 4.74 Å². The predicted molar refractivity (Wildman–Crippen MR) is 58.4 cm³/mol. The standard InChI is InChI=1S/C11H10F5NO4/c1-3-20-10(18)5-4-6(8(12)13)17-9(19-2)7(5)21-11(14,15)16/h4,8H,3H2,1-2H3. The Morgan fingerprint density at radius 2 is 2.00 bits per heavy atom. The molecule has 1 rings (SSSR count). The van der Waals surface area contributed by atoms with Gasteiger partial charge in [0.05, 0.1) is 13.7 Å². The summed E-state index contributed by atoms with van der Waals surface area (Å²) in [4.78, 5) is 14.8. The molecule has 0 atom stereocenters. The number of halogens is 5. The van der Waals surface area contributed by atoms with E-state index in [0.29, 0.717) is 6.07 Å². The van der Waals surface area contributed by atoms with Crippen molar-refractivity contribution in [2.75, 3.05) is 13.7 Å². The Kier molecular flexibility index (Phi) is 5.28. The van der Waals surface area contributed by atoms with Gasteiger partial charge in [-0.25, -0.2) is 18.6 Å². The number of carbonyl (C=O) groups is 1. The molecule has 1 aromatic rings. The molecule has 0 fully saturated rings. The second-order valence-electron chi connectivity index (χ2n) is 3.50. The molecule has 0 aliphatic heterocycles. The SMILES string of the molecule is CCOC(=O)c1cc(C(F)F)nc(OC)c1OC(F)(F)F. The van der Waals surface area contributed by atoms with Crippen LogP contribution in [0.5, 0.6) is 11.6 Å². The molecule has 0 unspecified atom stereocenters.